The molecule has 7 nitrogen and oxygen atoms in total. The van der Waals surface area contributed by atoms with Gasteiger partial charge < -0.3 is 5.32 Å². The van der Waals surface area contributed by atoms with Crippen molar-refractivity contribution in [3.8, 4) is 5.95 Å². The normalized spacial score (nSPS) is 16.6. The number of amides is 1. The van der Waals surface area contributed by atoms with E-state index in [0.717, 1.165) is 41.4 Å². The molecule has 0 spiro atoms. The fourth-order valence-corrected chi connectivity index (χ4v) is 4.84. The summed E-state index contributed by atoms with van der Waals surface area (Å²) in [7, 11) is 0. The van der Waals surface area contributed by atoms with Crippen molar-refractivity contribution in [2.75, 3.05) is 6.54 Å². The average molecular weight is 461 g/mol. The second-order valence-electron chi connectivity index (χ2n) is 9.55. The second kappa shape index (κ2) is 10.5. The zero-order chi connectivity index (χ0) is 24.2. The maximum Gasteiger partial charge on any atom is 0.251 e. The molecular weight excluding hydrogens is 424 g/mol. The van der Waals surface area contributed by atoms with Gasteiger partial charge in [-0.3, -0.25) is 9.69 Å². The maximum absolute atomic E-state index is 12.9. The van der Waals surface area contributed by atoms with Gasteiger partial charge in [0.05, 0.1) is 12.1 Å². The smallest absolute Gasteiger partial charge is 0.251 e. The van der Waals surface area contributed by atoms with Crippen molar-refractivity contribution >= 4 is 5.91 Å². The molecule has 0 saturated carbocycles. The van der Waals surface area contributed by atoms with Gasteiger partial charge in [0.25, 0.3) is 5.95 Å². The van der Waals surface area contributed by atoms with Gasteiger partial charge in [-0.05, 0) is 71.2 Å². The Kier molecular flexibility index (Phi) is 7.41. The summed E-state index contributed by atoms with van der Waals surface area (Å²) in [5.74, 6) is 0.541. The van der Waals surface area contributed by atoms with E-state index in [1.165, 1.54) is 30.4 Å². The number of likely N-dealkylation sites (tertiary alicyclic amines) is 1. The van der Waals surface area contributed by atoms with Crippen LogP contribution in [0, 0.1) is 27.7 Å². The minimum absolute atomic E-state index is 0.00626. The van der Waals surface area contributed by atoms with Crippen molar-refractivity contribution in [2.45, 2.75) is 79.4 Å². The van der Waals surface area contributed by atoms with E-state index in [2.05, 4.69) is 50.4 Å². The second-order valence-corrected chi connectivity index (χ2v) is 9.55. The van der Waals surface area contributed by atoms with Crippen molar-refractivity contribution in [3.05, 3.63) is 69.8 Å². The number of hydrogen-bond donors (Lipinski definition) is 1. The van der Waals surface area contributed by atoms with Crippen molar-refractivity contribution in [1.29, 1.82) is 0 Å². The number of carbonyl (C=O) groups is 1. The van der Waals surface area contributed by atoms with Crippen LogP contribution in [0.3, 0.4) is 0 Å². The van der Waals surface area contributed by atoms with E-state index >= 15 is 0 Å². The van der Waals surface area contributed by atoms with E-state index in [-0.39, 0.29) is 12.3 Å². The predicted molar refractivity (Wildman–Crippen MR) is 134 cm³/mol. The molecule has 0 radical (unpaired) electrons. The number of nitrogens with one attached hydrogen (secondary N) is 1. The van der Waals surface area contributed by atoms with Crippen LogP contribution in [0.1, 0.15) is 65.7 Å². The molecule has 1 atom stereocenters. The number of carbonyl (C=O) groups excluding carboxylic acids is 1. The monoisotopic (exact) mass is 460 g/mol. The molecule has 4 rings (SSSR count). The topological polar surface area (TPSA) is 75.9 Å². The third kappa shape index (κ3) is 5.53. The Morgan fingerprint density at radius 3 is 2.47 bits per heavy atom. The Morgan fingerprint density at radius 2 is 1.76 bits per heavy atom. The summed E-state index contributed by atoms with van der Waals surface area (Å²) in [4.78, 5) is 24.5. The van der Waals surface area contributed by atoms with E-state index in [9.17, 15) is 4.79 Å². The van der Waals surface area contributed by atoms with Gasteiger partial charge in [-0.15, -0.1) is 0 Å². The van der Waals surface area contributed by atoms with Crippen LogP contribution < -0.4 is 5.32 Å². The largest absolute Gasteiger partial charge is 0.352 e. The Bertz CT molecular complexity index is 1150. The highest BCUT2D eigenvalue weighted by atomic mass is 16.1. The van der Waals surface area contributed by atoms with Gasteiger partial charge in [0.2, 0.25) is 5.91 Å². The molecule has 0 aliphatic carbocycles. The van der Waals surface area contributed by atoms with Gasteiger partial charge in [0.1, 0.15) is 0 Å². The summed E-state index contributed by atoms with van der Waals surface area (Å²) in [6, 6.07) is 11.0. The number of benzene rings is 1. The summed E-state index contributed by atoms with van der Waals surface area (Å²) in [5.41, 5.74) is 6.92. The fourth-order valence-electron chi connectivity index (χ4n) is 4.84. The van der Waals surface area contributed by atoms with E-state index in [4.69, 9.17) is 0 Å². The maximum atomic E-state index is 12.9. The number of piperidine rings is 1. The molecule has 180 valence electrons. The third-order valence-corrected chi connectivity index (χ3v) is 6.85. The van der Waals surface area contributed by atoms with E-state index in [0.29, 0.717) is 18.5 Å². The highest BCUT2D eigenvalue weighted by Gasteiger charge is 2.20. The van der Waals surface area contributed by atoms with Crippen LogP contribution in [0.25, 0.3) is 5.95 Å². The van der Waals surface area contributed by atoms with Crippen LogP contribution in [0.15, 0.2) is 30.3 Å². The highest BCUT2D eigenvalue weighted by Crippen LogP contribution is 2.21. The predicted octanol–water partition coefficient (Wildman–Crippen LogP) is 4.13. The van der Waals surface area contributed by atoms with E-state index in [1.807, 2.05) is 39.8 Å². The Labute approximate surface area is 202 Å². The van der Waals surface area contributed by atoms with Crippen molar-refractivity contribution in [3.63, 3.8) is 0 Å². The SMILES string of the molecule is Cc1cc(C)nc(-n2nc(C)c(CC(=O)NCc3ccccc3CN3CCCCC3C)c2C)n1. The molecule has 0 bridgehead atoms. The first-order valence-electron chi connectivity index (χ1n) is 12.3. The zero-order valence-electron chi connectivity index (χ0n) is 21.1. The van der Waals surface area contributed by atoms with Gasteiger partial charge in [-0.1, -0.05) is 30.7 Å². The summed E-state index contributed by atoms with van der Waals surface area (Å²) < 4.78 is 1.74. The lowest BCUT2D eigenvalue weighted by Crippen LogP contribution is -2.37. The first-order chi connectivity index (χ1) is 16.3. The van der Waals surface area contributed by atoms with Crippen LogP contribution in [0.5, 0.6) is 0 Å². The molecule has 1 unspecified atom stereocenters. The summed E-state index contributed by atoms with van der Waals surface area (Å²) in [5, 5.41) is 7.76. The van der Waals surface area contributed by atoms with Crippen molar-refractivity contribution < 1.29 is 4.79 Å². The molecule has 1 aliphatic heterocycles. The number of nitrogens with zero attached hydrogens (tertiary/aromatic N) is 5. The Balaban J connectivity index is 1.43. The number of rotatable bonds is 7. The van der Waals surface area contributed by atoms with E-state index < -0.39 is 0 Å². The standard InChI is InChI=1S/C27H36N6O/c1-18-14-19(2)30-27(29-18)33-22(5)25(21(4)31-33)15-26(34)28-16-23-11-6-7-12-24(23)17-32-13-9-8-10-20(32)3/h6-7,11-12,14,20H,8-10,13,15-17H2,1-5H3,(H,28,34). The van der Waals surface area contributed by atoms with Gasteiger partial charge in [0.15, 0.2) is 0 Å². The average Bonchev–Trinajstić information content (AvgIpc) is 3.08. The third-order valence-electron chi connectivity index (χ3n) is 6.85. The van der Waals surface area contributed by atoms with Gasteiger partial charge in [-0.2, -0.15) is 5.10 Å². The molecule has 2 aromatic heterocycles. The summed E-state index contributed by atoms with van der Waals surface area (Å²) >= 11 is 0. The van der Waals surface area contributed by atoms with Crippen molar-refractivity contribution in [1.82, 2.24) is 30.0 Å². The van der Waals surface area contributed by atoms with Gasteiger partial charge >= 0.3 is 0 Å². The lowest BCUT2D eigenvalue weighted by molar-refractivity contribution is -0.120. The van der Waals surface area contributed by atoms with Crippen LogP contribution in [-0.2, 0) is 24.3 Å². The minimum Gasteiger partial charge on any atom is -0.352 e. The summed E-state index contributed by atoms with van der Waals surface area (Å²) in [6.07, 6.45) is 4.13. The van der Waals surface area contributed by atoms with Crippen molar-refractivity contribution in [2.24, 2.45) is 0 Å². The molecule has 1 aromatic carbocycles. The first kappa shape index (κ1) is 24.1. The molecule has 1 saturated heterocycles. The molecule has 1 N–H and O–H groups in total. The molecule has 34 heavy (non-hydrogen) atoms. The number of aromatic nitrogens is 4. The molecule has 7 heteroatoms. The lowest BCUT2D eigenvalue weighted by Gasteiger charge is -2.33. The molecule has 1 amide bonds. The fraction of sp³-hybridized carbons (Fsp3) is 0.481. The molecule has 1 fully saturated rings. The van der Waals surface area contributed by atoms with Crippen LogP contribution in [0.2, 0.25) is 0 Å². The Morgan fingerprint density at radius 1 is 1.06 bits per heavy atom. The molecular formula is C27H36N6O. The minimum atomic E-state index is -0.00626. The number of aryl methyl sites for hydroxylation is 3. The van der Waals surface area contributed by atoms with Gasteiger partial charge in [0, 0.05) is 41.8 Å². The number of hydrogen-bond acceptors (Lipinski definition) is 5. The molecule has 3 heterocycles. The van der Waals surface area contributed by atoms with E-state index in [1.54, 1.807) is 4.68 Å². The summed E-state index contributed by atoms with van der Waals surface area (Å²) in [6.45, 7) is 12.7. The quantitative estimate of drug-likeness (QED) is 0.574. The Hall–Kier alpha value is -3.06. The van der Waals surface area contributed by atoms with Crippen LogP contribution >= 0.6 is 0 Å². The lowest BCUT2D eigenvalue weighted by atomic mass is 10.0. The molecule has 1 aliphatic rings. The van der Waals surface area contributed by atoms with Crippen LogP contribution in [-0.4, -0.2) is 43.1 Å². The molecule has 3 aromatic rings. The van der Waals surface area contributed by atoms with Crippen LogP contribution in [0.4, 0.5) is 0 Å². The first-order valence-corrected chi connectivity index (χ1v) is 12.3. The van der Waals surface area contributed by atoms with Gasteiger partial charge in [-0.25, -0.2) is 14.6 Å². The highest BCUT2D eigenvalue weighted by molar-refractivity contribution is 5.79. The zero-order valence-corrected chi connectivity index (χ0v) is 21.1.